The predicted octanol–water partition coefficient (Wildman–Crippen LogP) is 2.50. The minimum absolute atomic E-state index is 0.163. The summed E-state index contributed by atoms with van der Waals surface area (Å²) in [4.78, 5) is 0. The lowest BCUT2D eigenvalue weighted by molar-refractivity contribution is 0.407. The summed E-state index contributed by atoms with van der Waals surface area (Å²) in [5.74, 6) is 0.834. The van der Waals surface area contributed by atoms with E-state index in [0.29, 0.717) is 0 Å². The lowest BCUT2D eigenvalue weighted by atomic mass is 10.0. The average molecular weight is 191 g/mol. The third kappa shape index (κ3) is 1.96. The van der Waals surface area contributed by atoms with E-state index in [1.54, 1.807) is 13.2 Å². The van der Waals surface area contributed by atoms with Gasteiger partial charge in [0.1, 0.15) is 5.75 Å². The van der Waals surface area contributed by atoms with Crippen LogP contribution in [0.5, 0.6) is 5.75 Å². The third-order valence-corrected chi connectivity index (χ3v) is 2.46. The number of methoxy groups -OCH3 is 1. The summed E-state index contributed by atoms with van der Waals surface area (Å²) >= 11 is 0. The number of hydrogen-bond acceptors (Lipinski definition) is 2. The Bertz CT molecular complexity index is 344. The number of ether oxygens (including phenoxy) is 1. The topological polar surface area (TPSA) is 35.2 Å². The summed E-state index contributed by atoms with van der Waals surface area (Å²) in [6, 6.07) is 3.90. The van der Waals surface area contributed by atoms with E-state index in [9.17, 15) is 0 Å². The van der Waals surface area contributed by atoms with Crippen molar-refractivity contribution >= 4 is 0 Å². The first-order valence-corrected chi connectivity index (χ1v) is 4.63. The van der Waals surface area contributed by atoms with Crippen molar-refractivity contribution in [2.45, 2.75) is 19.9 Å². The summed E-state index contributed by atoms with van der Waals surface area (Å²) in [7, 11) is 1.66. The van der Waals surface area contributed by atoms with E-state index in [2.05, 4.69) is 26.5 Å². The van der Waals surface area contributed by atoms with Gasteiger partial charge in [0.05, 0.1) is 13.2 Å². The molecule has 0 saturated carbocycles. The highest BCUT2D eigenvalue weighted by atomic mass is 16.5. The molecule has 0 radical (unpaired) electrons. The summed E-state index contributed by atoms with van der Waals surface area (Å²) in [5.41, 5.74) is 9.31. The zero-order valence-electron chi connectivity index (χ0n) is 9.00. The number of aryl methyl sites for hydroxylation is 2. The van der Waals surface area contributed by atoms with Gasteiger partial charge < -0.3 is 10.5 Å². The van der Waals surface area contributed by atoms with Gasteiger partial charge in [0.15, 0.2) is 0 Å². The van der Waals surface area contributed by atoms with E-state index in [0.717, 1.165) is 11.3 Å². The van der Waals surface area contributed by atoms with Crippen LogP contribution in [-0.4, -0.2) is 7.11 Å². The first kappa shape index (κ1) is 10.8. The molecule has 1 aromatic rings. The van der Waals surface area contributed by atoms with Gasteiger partial charge in [0, 0.05) is 5.56 Å². The summed E-state index contributed by atoms with van der Waals surface area (Å²) in [6.45, 7) is 7.80. The van der Waals surface area contributed by atoms with Gasteiger partial charge in [-0.3, -0.25) is 0 Å². The van der Waals surface area contributed by atoms with Crippen LogP contribution in [-0.2, 0) is 0 Å². The van der Waals surface area contributed by atoms with Gasteiger partial charge in [-0.05, 0) is 31.0 Å². The van der Waals surface area contributed by atoms with Crippen LogP contribution in [0.25, 0.3) is 0 Å². The van der Waals surface area contributed by atoms with Crippen molar-refractivity contribution in [1.29, 1.82) is 0 Å². The first-order valence-electron chi connectivity index (χ1n) is 4.63. The van der Waals surface area contributed by atoms with Crippen LogP contribution in [0.15, 0.2) is 24.8 Å². The molecule has 2 N–H and O–H groups in total. The molecule has 14 heavy (non-hydrogen) atoms. The van der Waals surface area contributed by atoms with Crippen LogP contribution in [0.3, 0.4) is 0 Å². The zero-order valence-corrected chi connectivity index (χ0v) is 9.00. The summed E-state index contributed by atoms with van der Waals surface area (Å²) in [6.07, 6.45) is 1.71. The molecule has 0 aliphatic carbocycles. The highest BCUT2D eigenvalue weighted by molar-refractivity contribution is 5.44. The van der Waals surface area contributed by atoms with Gasteiger partial charge in [-0.1, -0.05) is 12.1 Å². The van der Waals surface area contributed by atoms with E-state index in [-0.39, 0.29) is 6.04 Å². The van der Waals surface area contributed by atoms with Gasteiger partial charge in [-0.2, -0.15) is 0 Å². The van der Waals surface area contributed by atoms with Crippen LogP contribution >= 0.6 is 0 Å². The Hall–Kier alpha value is -1.28. The van der Waals surface area contributed by atoms with Crippen molar-refractivity contribution in [2.24, 2.45) is 5.73 Å². The van der Waals surface area contributed by atoms with E-state index in [4.69, 9.17) is 10.5 Å². The molecule has 2 nitrogen and oxygen atoms in total. The van der Waals surface area contributed by atoms with Gasteiger partial charge >= 0.3 is 0 Å². The molecular weight excluding hydrogens is 174 g/mol. The number of rotatable bonds is 3. The fourth-order valence-electron chi connectivity index (χ4n) is 1.38. The Labute approximate surface area is 85.4 Å². The molecule has 0 bridgehead atoms. The summed E-state index contributed by atoms with van der Waals surface area (Å²) in [5, 5.41) is 0. The maximum Gasteiger partial charge on any atom is 0.124 e. The Morgan fingerprint density at radius 1 is 1.36 bits per heavy atom. The van der Waals surface area contributed by atoms with Crippen molar-refractivity contribution in [3.05, 3.63) is 41.5 Å². The molecule has 2 heteroatoms. The average Bonchev–Trinajstić information content (AvgIpc) is 2.20. The highest BCUT2D eigenvalue weighted by Crippen LogP contribution is 2.27. The van der Waals surface area contributed by atoms with Gasteiger partial charge in [-0.15, -0.1) is 6.58 Å². The molecule has 0 amide bonds. The Kier molecular flexibility index (Phi) is 3.31. The zero-order chi connectivity index (χ0) is 10.7. The molecule has 0 aromatic heterocycles. The van der Waals surface area contributed by atoms with Crippen molar-refractivity contribution in [1.82, 2.24) is 0 Å². The molecule has 0 fully saturated rings. The van der Waals surface area contributed by atoms with Crippen molar-refractivity contribution in [3.8, 4) is 5.75 Å². The van der Waals surface area contributed by atoms with Crippen LogP contribution in [0.4, 0.5) is 0 Å². The maximum absolute atomic E-state index is 5.89. The van der Waals surface area contributed by atoms with Crippen LogP contribution in [0.2, 0.25) is 0 Å². The van der Waals surface area contributed by atoms with E-state index in [1.165, 1.54) is 11.1 Å². The van der Waals surface area contributed by atoms with Gasteiger partial charge in [0.2, 0.25) is 0 Å². The van der Waals surface area contributed by atoms with E-state index < -0.39 is 0 Å². The molecule has 0 spiro atoms. The molecule has 0 aliphatic heterocycles. The molecule has 0 unspecified atom stereocenters. The second-order valence-electron chi connectivity index (χ2n) is 3.44. The second-order valence-corrected chi connectivity index (χ2v) is 3.44. The minimum atomic E-state index is -0.163. The molecule has 0 heterocycles. The summed E-state index contributed by atoms with van der Waals surface area (Å²) < 4.78 is 5.28. The second kappa shape index (κ2) is 4.29. The molecule has 1 atom stereocenters. The number of benzene rings is 1. The Morgan fingerprint density at radius 3 is 2.43 bits per heavy atom. The smallest absolute Gasteiger partial charge is 0.124 e. The largest absolute Gasteiger partial charge is 0.496 e. The molecule has 0 aliphatic rings. The molecule has 1 rings (SSSR count). The van der Waals surface area contributed by atoms with Crippen LogP contribution in [0, 0.1) is 13.8 Å². The fourth-order valence-corrected chi connectivity index (χ4v) is 1.38. The number of hydrogen-bond donors (Lipinski definition) is 1. The maximum atomic E-state index is 5.89. The Morgan fingerprint density at radius 2 is 1.93 bits per heavy atom. The van der Waals surface area contributed by atoms with Crippen molar-refractivity contribution in [3.63, 3.8) is 0 Å². The number of nitrogens with two attached hydrogens (primary N) is 1. The molecule has 76 valence electrons. The monoisotopic (exact) mass is 191 g/mol. The first-order chi connectivity index (χ1) is 6.60. The lowest BCUT2D eigenvalue weighted by Gasteiger charge is -2.14. The van der Waals surface area contributed by atoms with E-state index in [1.807, 2.05) is 6.07 Å². The van der Waals surface area contributed by atoms with Gasteiger partial charge in [-0.25, -0.2) is 0 Å². The SMILES string of the molecule is C=C[C@H](N)c1cc(C)c(C)cc1OC. The fraction of sp³-hybridized carbons (Fsp3) is 0.333. The molecule has 0 saturated heterocycles. The highest BCUT2D eigenvalue weighted by Gasteiger charge is 2.10. The van der Waals surface area contributed by atoms with Crippen LogP contribution in [0.1, 0.15) is 22.7 Å². The minimum Gasteiger partial charge on any atom is -0.496 e. The quantitative estimate of drug-likeness (QED) is 0.745. The van der Waals surface area contributed by atoms with E-state index >= 15 is 0 Å². The standard InChI is InChI=1S/C12H17NO/c1-5-11(13)10-6-8(2)9(3)7-12(10)14-4/h5-7,11H,1,13H2,2-4H3/t11-/m0/s1. The predicted molar refractivity (Wildman–Crippen MR) is 59.6 cm³/mol. The third-order valence-electron chi connectivity index (χ3n) is 2.46. The Balaban J connectivity index is 3.26. The lowest BCUT2D eigenvalue weighted by Crippen LogP contribution is -2.09. The van der Waals surface area contributed by atoms with Crippen molar-refractivity contribution < 1.29 is 4.74 Å². The van der Waals surface area contributed by atoms with Crippen molar-refractivity contribution in [2.75, 3.05) is 7.11 Å². The van der Waals surface area contributed by atoms with Crippen LogP contribution < -0.4 is 10.5 Å². The molecular formula is C12H17NO. The van der Waals surface area contributed by atoms with Gasteiger partial charge in [0.25, 0.3) is 0 Å². The molecule has 1 aromatic carbocycles. The normalized spacial score (nSPS) is 12.3.